The third-order valence-corrected chi connectivity index (χ3v) is 5.96. The molecule has 0 bridgehead atoms. The molecule has 4 heteroatoms. The lowest BCUT2D eigenvalue weighted by molar-refractivity contribution is -0.138. The molecule has 0 saturated heterocycles. The quantitative estimate of drug-likeness (QED) is 0.195. The number of unbranched alkanes of at least 4 members (excludes halogenated alkanes) is 12. The zero-order valence-electron chi connectivity index (χ0n) is 19.1. The molecule has 1 atom stereocenters. The van der Waals surface area contributed by atoms with Gasteiger partial charge in [-0.25, -0.2) is 0 Å². The van der Waals surface area contributed by atoms with E-state index in [1.165, 1.54) is 70.6 Å². The fourth-order valence-electron chi connectivity index (χ4n) is 3.89. The highest BCUT2D eigenvalue weighted by Gasteiger charge is 2.23. The van der Waals surface area contributed by atoms with Crippen molar-refractivity contribution in [3.8, 4) is 0 Å². The van der Waals surface area contributed by atoms with E-state index in [0.717, 1.165) is 45.3 Å². The van der Waals surface area contributed by atoms with Gasteiger partial charge in [0, 0.05) is 5.92 Å². The number of carbonyl (C=O) groups excluding carboxylic acids is 2. The van der Waals surface area contributed by atoms with Crippen molar-refractivity contribution in [2.75, 3.05) is 19.6 Å². The molecule has 0 fully saturated rings. The molecule has 166 valence electrons. The minimum Gasteiger partial charge on any atom is -0.363 e. The summed E-state index contributed by atoms with van der Waals surface area (Å²) in [5.74, 6) is -1.32. The van der Waals surface area contributed by atoms with Gasteiger partial charge in [0.05, 0.1) is 0 Å². The maximum atomic E-state index is 12.1. The standard InChI is InChI=1S/C24H48N2O2/c1-4-7-8-9-10-11-12-13-14-15-16-17-18-19-22(23(27)24(25)28)20-21-26(5-2)6-3/h22H,4-21H2,1-3H3,(H2,25,28). The third-order valence-electron chi connectivity index (χ3n) is 5.96. The zero-order chi connectivity index (χ0) is 21.0. The van der Waals surface area contributed by atoms with Gasteiger partial charge in [0.25, 0.3) is 5.91 Å². The second-order valence-electron chi connectivity index (χ2n) is 8.27. The normalized spacial score (nSPS) is 12.4. The van der Waals surface area contributed by atoms with E-state index in [4.69, 9.17) is 5.73 Å². The van der Waals surface area contributed by atoms with E-state index in [1.807, 2.05) is 0 Å². The molecule has 0 heterocycles. The van der Waals surface area contributed by atoms with Crippen LogP contribution in [-0.2, 0) is 9.59 Å². The van der Waals surface area contributed by atoms with E-state index >= 15 is 0 Å². The Labute approximate surface area is 175 Å². The van der Waals surface area contributed by atoms with Gasteiger partial charge in [-0.1, -0.05) is 104 Å². The van der Waals surface area contributed by atoms with Crippen molar-refractivity contribution in [3.63, 3.8) is 0 Å². The number of hydrogen-bond donors (Lipinski definition) is 1. The topological polar surface area (TPSA) is 63.4 Å². The lowest BCUT2D eigenvalue weighted by atomic mass is 9.92. The molecule has 0 saturated carbocycles. The molecule has 4 nitrogen and oxygen atoms in total. The lowest BCUT2D eigenvalue weighted by Crippen LogP contribution is -2.33. The SMILES string of the molecule is CCCCCCCCCCCCCCCC(CCN(CC)CC)C(=O)C(N)=O. The first-order valence-corrected chi connectivity index (χ1v) is 12.1. The smallest absolute Gasteiger partial charge is 0.285 e. The number of ketones is 1. The van der Waals surface area contributed by atoms with Gasteiger partial charge < -0.3 is 10.6 Å². The van der Waals surface area contributed by atoms with Crippen LogP contribution in [-0.4, -0.2) is 36.2 Å². The van der Waals surface area contributed by atoms with Crippen LogP contribution in [0, 0.1) is 5.92 Å². The first-order chi connectivity index (χ1) is 13.6. The molecule has 0 aliphatic carbocycles. The predicted octanol–water partition coefficient (Wildman–Crippen LogP) is 5.87. The fourth-order valence-corrected chi connectivity index (χ4v) is 3.89. The minimum absolute atomic E-state index is 0.189. The number of hydrogen-bond acceptors (Lipinski definition) is 3. The van der Waals surface area contributed by atoms with E-state index in [0.29, 0.717) is 0 Å². The Bertz CT molecular complexity index is 381. The minimum atomic E-state index is -0.765. The van der Waals surface area contributed by atoms with Crippen LogP contribution in [0.15, 0.2) is 0 Å². The summed E-state index contributed by atoms with van der Waals surface area (Å²) in [6.07, 6.45) is 18.7. The molecule has 28 heavy (non-hydrogen) atoms. The predicted molar refractivity (Wildman–Crippen MR) is 120 cm³/mol. The average molecular weight is 397 g/mol. The van der Waals surface area contributed by atoms with Crippen molar-refractivity contribution in [2.24, 2.45) is 11.7 Å². The second-order valence-corrected chi connectivity index (χ2v) is 8.27. The second kappa shape index (κ2) is 19.4. The summed E-state index contributed by atoms with van der Waals surface area (Å²) < 4.78 is 0. The van der Waals surface area contributed by atoms with E-state index in [9.17, 15) is 9.59 Å². The van der Waals surface area contributed by atoms with Gasteiger partial charge in [0.15, 0.2) is 0 Å². The van der Waals surface area contributed by atoms with Crippen LogP contribution < -0.4 is 5.73 Å². The van der Waals surface area contributed by atoms with Crippen LogP contribution in [0.1, 0.15) is 117 Å². The largest absolute Gasteiger partial charge is 0.363 e. The Morgan fingerprint density at radius 1 is 0.679 bits per heavy atom. The average Bonchev–Trinajstić information content (AvgIpc) is 2.69. The molecular formula is C24H48N2O2. The van der Waals surface area contributed by atoms with Crippen molar-refractivity contribution in [1.29, 1.82) is 0 Å². The number of primary amides is 1. The fraction of sp³-hybridized carbons (Fsp3) is 0.917. The summed E-state index contributed by atoms with van der Waals surface area (Å²) in [6.45, 7) is 9.35. The van der Waals surface area contributed by atoms with Crippen LogP contribution in [0.25, 0.3) is 0 Å². The molecule has 0 aromatic carbocycles. The van der Waals surface area contributed by atoms with Crippen LogP contribution in [0.4, 0.5) is 0 Å². The molecule has 2 N–H and O–H groups in total. The van der Waals surface area contributed by atoms with Crippen molar-refractivity contribution in [1.82, 2.24) is 4.90 Å². The number of rotatable bonds is 21. The molecule has 0 aliphatic rings. The Kier molecular flexibility index (Phi) is 18.8. The van der Waals surface area contributed by atoms with E-state index in [-0.39, 0.29) is 11.7 Å². The molecule has 0 spiro atoms. The Hall–Kier alpha value is -0.900. The molecule has 0 aliphatic heterocycles. The summed E-state index contributed by atoms with van der Waals surface area (Å²) in [6, 6.07) is 0. The van der Waals surface area contributed by atoms with Crippen molar-refractivity contribution < 1.29 is 9.59 Å². The highest BCUT2D eigenvalue weighted by molar-refractivity contribution is 6.36. The Morgan fingerprint density at radius 2 is 1.11 bits per heavy atom. The highest BCUT2D eigenvalue weighted by Crippen LogP contribution is 2.18. The van der Waals surface area contributed by atoms with Crippen LogP contribution in [0.2, 0.25) is 0 Å². The van der Waals surface area contributed by atoms with Crippen LogP contribution >= 0.6 is 0 Å². The monoisotopic (exact) mass is 396 g/mol. The number of nitrogens with two attached hydrogens (primary N) is 1. The molecule has 0 aromatic rings. The number of amides is 1. The van der Waals surface area contributed by atoms with Crippen molar-refractivity contribution in [2.45, 2.75) is 117 Å². The van der Waals surface area contributed by atoms with Crippen LogP contribution in [0.5, 0.6) is 0 Å². The van der Waals surface area contributed by atoms with Crippen LogP contribution in [0.3, 0.4) is 0 Å². The van der Waals surface area contributed by atoms with E-state index in [1.54, 1.807) is 0 Å². The van der Waals surface area contributed by atoms with Gasteiger partial charge in [-0.2, -0.15) is 0 Å². The maximum Gasteiger partial charge on any atom is 0.285 e. The Balaban J connectivity index is 3.76. The van der Waals surface area contributed by atoms with E-state index < -0.39 is 5.91 Å². The third kappa shape index (κ3) is 15.1. The van der Waals surface area contributed by atoms with Crippen molar-refractivity contribution in [3.05, 3.63) is 0 Å². The van der Waals surface area contributed by atoms with Crippen molar-refractivity contribution >= 4 is 11.7 Å². The summed E-state index contributed by atoms with van der Waals surface area (Å²) in [5.41, 5.74) is 5.25. The molecule has 1 amide bonds. The number of Topliss-reactive ketones (excluding diaryl/α,β-unsaturated/α-hetero) is 1. The molecule has 0 rings (SSSR count). The van der Waals surface area contributed by atoms with Gasteiger partial charge in [0.1, 0.15) is 0 Å². The van der Waals surface area contributed by atoms with Gasteiger partial charge in [-0.05, 0) is 32.5 Å². The highest BCUT2D eigenvalue weighted by atomic mass is 16.2. The Morgan fingerprint density at radius 3 is 1.50 bits per heavy atom. The zero-order valence-corrected chi connectivity index (χ0v) is 19.1. The van der Waals surface area contributed by atoms with Gasteiger partial charge >= 0.3 is 0 Å². The van der Waals surface area contributed by atoms with Gasteiger partial charge in [-0.15, -0.1) is 0 Å². The molecular weight excluding hydrogens is 348 g/mol. The summed E-state index contributed by atoms with van der Waals surface area (Å²) in [4.78, 5) is 25.7. The number of nitrogens with zero attached hydrogens (tertiary/aromatic N) is 1. The lowest BCUT2D eigenvalue weighted by Gasteiger charge is -2.21. The molecule has 0 aromatic heterocycles. The summed E-state index contributed by atoms with van der Waals surface area (Å²) >= 11 is 0. The van der Waals surface area contributed by atoms with Gasteiger partial charge in [-0.3, -0.25) is 9.59 Å². The summed E-state index contributed by atoms with van der Waals surface area (Å²) in [7, 11) is 0. The maximum absolute atomic E-state index is 12.1. The van der Waals surface area contributed by atoms with Gasteiger partial charge in [0.2, 0.25) is 5.78 Å². The summed E-state index contributed by atoms with van der Waals surface area (Å²) in [5, 5.41) is 0. The molecule has 0 radical (unpaired) electrons. The molecule has 1 unspecified atom stereocenters. The first-order valence-electron chi connectivity index (χ1n) is 12.1. The van der Waals surface area contributed by atoms with E-state index in [2.05, 4.69) is 25.7 Å². The number of carbonyl (C=O) groups is 2. The first kappa shape index (κ1) is 27.1.